The molecule has 0 aromatic carbocycles. The highest BCUT2D eigenvalue weighted by Gasteiger charge is 2.29. The zero-order chi connectivity index (χ0) is 14.5. The molecule has 1 fully saturated rings. The Labute approximate surface area is 120 Å². The molecule has 1 rings (SSSR count). The van der Waals surface area contributed by atoms with Crippen molar-refractivity contribution in [2.75, 3.05) is 39.8 Å². The summed E-state index contributed by atoms with van der Waals surface area (Å²) >= 11 is 0. The van der Waals surface area contributed by atoms with Gasteiger partial charge in [-0.15, -0.1) is 0 Å². The lowest BCUT2D eigenvalue weighted by Crippen LogP contribution is -2.48. The van der Waals surface area contributed by atoms with E-state index in [0.717, 1.165) is 19.1 Å². The maximum absolute atomic E-state index is 3.57. The third-order valence-corrected chi connectivity index (χ3v) is 4.79. The fraction of sp³-hybridized carbons (Fsp3) is 1.00. The quantitative estimate of drug-likeness (QED) is 0.730. The van der Waals surface area contributed by atoms with Crippen LogP contribution in [-0.2, 0) is 0 Å². The molecule has 3 heteroatoms. The van der Waals surface area contributed by atoms with Crippen molar-refractivity contribution in [2.24, 2.45) is 5.41 Å². The second-order valence-electron chi connectivity index (χ2n) is 6.89. The first-order valence-corrected chi connectivity index (χ1v) is 8.06. The minimum absolute atomic E-state index is 0.320. The van der Waals surface area contributed by atoms with Gasteiger partial charge in [0.25, 0.3) is 0 Å². The molecule has 1 heterocycles. The predicted molar refractivity (Wildman–Crippen MR) is 84.7 cm³/mol. The van der Waals surface area contributed by atoms with Gasteiger partial charge in [-0.3, -0.25) is 4.90 Å². The van der Waals surface area contributed by atoms with Gasteiger partial charge in [-0.05, 0) is 51.9 Å². The maximum Gasteiger partial charge on any atom is 0.0223 e. The highest BCUT2D eigenvalue weighted by atomic mass is 15.2. The van der Waals surface area contributed by atoms with E-state index < -0.39 is 0 Å². The van der Waals surface area contributed by atoms with Crippen LogP contribution in [0.15, 0.2) is 0 Å². The fourth-order valence-corrected chi connectivity index (χ4v) is 3.36. The van der Waals surface area contributed by atoms with Crippen LogP contribution in [-0.4, -0.2) is 61.7 Å². The SMILES string of the molecule is CCNC(C)C(C)(C)CN(C)CC1CCCN1CC. The van der Waals surface area contributed by atoms with Crippen molar-refractivity contribution < 1.29 is 0 Å². The van der Waals surface area contributed by atoms with Crippen LogP contribution in [0.4, 0.5) is 0 Å². The van der Waals surface area contributed by atoms with Crippen molar-refractivity contribution in [2.45, 2.75) is 59.5 Å². The summed E-state index contributed by atoms with van der Waals surface area (Å²) in [7, 11) is 2.28. The highest BCUT2D eigenvalue weighted by Crippen LogP contribution is 2.23. The van der Waals surface area contributed by atoms with Crippen molar-refractivity contribution in [1.29, 1.82) is 0 Å². The number of nitrogens with one attached hydrogen (secondary N) is 1. The molecule has 19 heavy (non-hydrogen) atoms. The van der Waals surface area contributed by atoms with Gasteiger partial charge in [-0.2, -0.15) is 0 Å². The summed E-state index contributed by atoms with van der Waals surface area (Å²) in [5.74, 6) is 0. The zero-order valence-corrected chi connectivity index (χ0v) is 14.0. The van der Waals surface area contributed by atoms with Crippen LogP contribution in [0, 0.1) is 5.41 Å². The number of nitrogens with zero attached hydrogens (tertiary/aromatic N) is 2. The molecule has 2 unspecified atom stereocenters. The van der Waals surface area contributed by atoms with Gasteiger partial charge in [0.1, 0.15) is 0 Å². The van der Waals surface area contributed by atoms with E-state index in [0.29, 0.717) is 11.5 Å². The van der Waals surface area contributed by atoms with Crippen LogP contribution in [0.2, 0.25) is 0 Å². The molecule has 0 radical (unpaired) electrons. The summed E-state index contributed by atoms with van der Waals surface area (Å²) in [6.45, 7) is 17.5. The lowest BCUT2D eigenvalue weighted by atomic mass is 9.84. The molecule has 1 aliphatic rings. The van der Waals surface area contributed by atoms with E-state index in [1.807, 2.05) is 0 Å². The summed E-state index contributed by atoms with van der Waals surface area (Å²) in [6, 6.07) is 1.34. The predicted octanol–water partition coefficient (Wildman–Crippen LogP) is 2.43. The summed E-state index contributed by atoms with van der Waals surface area (Å²) in [5, 5.41) is 3.57. The summed E-state index contributed by atoms with van der Waals surface area (Å²) < 4.78 is 0. The van der Waals surface area contributed by atoms with Gasteiger partial charge < -0.3 is 10.2 Å². The summed E-state index contributed by atoms with van der Waals surface area (Å²) in [4.78, 5) is 5.17. The monoisotopic (exact) mass is 269 g/mol. The molecule has 1 N–H and O–H groups in total. The number of likely N-dealkylation sites (tertiary alicyclic amines) is 1. The average Bonchev–Trinajstić information content (AvgIpc) is 2.75. The van der Waals surface area contributed by atoms with Crippen LogP contribution in [0.5, 0.6) is 0 Å². The van der Waals surface area contributed by atoms with Crippen molar-refractivity contribution in [1.82, 2.24) is 15.1 Å². The van der Waals surface area contributed by atoms with Gasteiger partial charge in [0.2, 0.25) is 0 Å². The van der Waals surface area contributed by atoms with E-state index in [4.69, 9.17) is 0 Å². The minimum atomic E-state index is 0.320. The van der Waals surface area contributed by atoms with Crippen molar-refractivity contribution in [3.8, 4) is 0 Å². The molecular weight excluding hydrogens is 234 g/mol. The van der Waals surface area contributed by atoms with Gasteiger partial charge >= 0.3 is 0 Å². The minimum Gasteiger partial charge on any atom is -0.314 e. The molecule has 0 amide bonds. The van der Waals surface area contributed by atoms with Crippen molar-refractivity contribution >= 4 is 0 Å². The Bertz CT molecular complexity index is 252. The van der Waals surface area contributed by atoms with E-state index in [2.05, 4.69) is 56.8 Å². The van der Waals surface area contributed by atoms with Crippen molar-refractivity contribution in [3.63, 3.8) is 0 Å². The lowest BCUT2D eigenvalue weighted by Gasteiger charge is -2.37. The average molecular weight is 269 g/mol. The smallest absolute Gasteiger partial charge is 0.0223 e. The van der Waals surface area contributed by atoms with Gasteiger partial charge in [-0.25, -0.2) is 0 Å². The molecule has 1 saturated heterocycles. The van der Waals surface area contributed by atoms with Crippen LogP contribution >= 0.6 is 0 Å². The molecule has 0 spiro atoms. The molecule has 0 aliphatic carbocycles. The molecule has 114 valence electrons. The van der Waals surface area contributed by atoms with Gasteiger partial charge in [0.05, 0.1) is 0 Å². The maximum atomic E-state index is 3.57. The second kappa shape index (κ2) is 7.61. The Morgan fingerprint density at radius 2 is 2.05 bits per heavy atom. The van der Waals surface area contributed by atoms with Crippen LogP contribution in [0.25, 0.3) is 0 Å². The molecule has 0 bridgehead atoms. The Kier molecular flexibility index (Phi) is 6.78. The number of hydrogen-bond donors (Lipinski definition) is 1. The van der Waals surface area contributed by atoms with Gasteiger partial charge in [0.15, 0.2) is 0 Å². The van der Waals surface area contributed by atoms with Crippen LogP contribution < -0.4 is 5.32 Å². The molecule has 0 aromatic heterocycles. The summed E-state index contributed by atoms with van der Waals surface area (Å²) in [6.07, 6.45) is 2.75. The first-order chi connectivity index (χ1) is 8.90. The normalized spacial score (nSPS) is 23.2. The van der Waals surface area contributed by atoms with E-state index >= 15 is 0 Å². The highest BCUT2D eigenvalue weighted by molar-refractivity contribution is 4.86. The molecule has 3 nitrogen and oxygen atoms in total. The standard InChI is InChI=1S/C16H35N3/c1-7-17-14(3)16(4,5)13-18(6)12-15-10-9-11-19(15)8-2/h14-15,17H,7-13H2,1-6H3. The van der Waals surface area contributed by atoms with E-state index in [1.165, 1.54) is 32.5 Å². The third-order valence-electron chi connectivity index (χ3n) is 4.79. The Balaban J connectivity index is 2.43. The number of likely N-dealkylation sites (N-methyl/N-ethyl adjacent to an activating group) is 2. The third kappa shape index (κ3) is 5.05. The molecule has 0 aromatic rings. The zero-order valence-electron chi connectivity index (χ0n) is 14.0. The molecule has 1 aliphatic heterocycles. The summed E-state index contributed by atoms with van der Waals surface area (Å²) in [5.41, 5.74) is 0.320. The Morgan fingerprint density at radius 3 is 2.63 bits per heavy atom. The Morgan fingerprint density at radius 1 is 1.37 bits per heavy atom. The largest absolute Gasteiger partial charge is 0.314 e. The van der Waals surface area contributed by atoms with Crippen LogP contribution in [0.3, 0.4) is 0 Å². The number of hydrogen-bond acceptors (Lipinski definition) is 3. The topological polar surface area (TPSA) is 18.5 Å². The van der Waals surface area contributed by atoms with E-state index in [1.54, 1.807) is 0 Å². The van der Waals surface area contributed by atoms with Gasteiger partial charge in [0, 0.05) is 25.2 Å². The lowest BCUT2D eigenvalue weighted by molar-refractivity contribution is 0.133. The van der Waals surface area contributed by atoms with Crippen LogP contribution in [0.1, 0.15) is 47.5 Å². The molecule has 0 saturated carbocycles. The van der Waals surface area contributed by atoms with E-state index in [9.17, 15) is 0 Å². The van der Waals surface area contributed by atoms with E-state index in [-0.39, 0.29) is 0 Å². The van der Waals surface area contributed by atoms with Gasteiger partial charge in [-0.1, -0.05) is 27.7 Å². The molecule has 2 atom stereocenters. The Hall–Kier alpha value is -0.120. The fourth-order valence-electron chi connectivity index (χ4n) is 3.36. The first kappa shape index (κ1) is 16.9. The van der Waals surface area contributed by atoms with Crippen molar-refractivity contribution in [3.05, 3.63) is 0 Å². The molecular formula is C16H35N3. The second-order valence-corrected chi connectivity index (χ2v) is 6.89. The first-order valence-electron chi connectivity index (χ1n) is 8.06. The number of rotatable bonds is 8.